The molecule has 4 rings (SSSR count). The lowest BCUT2D eigenvalue weighted by molar-refractivity contribution is -0.192. The Morgan fingerprint density at radius 2 is 1.98 bits per heavy atom. The Kier molecular flexibility index (Phi) is 9.66. The number of aliphatic hydroxyl groups is 1. The monoisotopic (exact) mass is 652 g/mol. The molecule has 0 aromatic heterocycles. The van der Waals surface area contributed by atoms with E-state index in [4.69, 9.17) is 9.47 Å². The van der Waals surface area contributed by atoms with Crippen LogP contribution >= 0.6 is 0 Å². The standard InChI is InChI=1S/C31H43BF2N2O8S/c1-8-29(5)14-24(30(6)17-31(12-11-18(30)2,19(3)28(29)39)13-22(33)20(4)37)44-25(38)16-43-23-10-9-21-15-35-36(45(7,41)42)32(40)26(21)27(23)34/h8-10,15,18-19,22,24,28,39-40H,1,11-14,16-17H2,2-7H3/t18-,19+,22+,24-,28+,29-,30+,31-/m1/s1. The Labute approximate surface area is 264 Å². The van der Waals surface area contributed by atoms with Crippen molar-refractivity contribution in [3.63, 3.8) is 0 Å². The molecule has 0 unspecified atom stereocenters. The number of aliphatic hydroxyl groups excluding tert-OH is 1. The summed E-state index contributed by atoms with van der Waals surface area (Å²) < 4.78 is 66.4. The van der Waals surface area contributed by atoms with Gasteiger partial charge < -0.3 is 19.6 Å². The summed E-state index contributed by atoms with van der Waals surface area (Å²) in [4.78, 5) is 25.3. The molecule has 1 heterocycles. The average Bonchev–Trinajstić information content (AvgIpc) is 2.96. The van der Waals surface area contributed by atoms with Crippen molar-refractivity contribution in [3.05, 3.63) is 36.2 Å². The molecule has 8 atom stereocenters. The highest BCUT2D eigenvalue weighted by molar-refractivity contribution is 7.89. The highest BCUT2D eigenvalue weighted by Gasteiger charge is 2.59. The van der Waals surface area contributed by atoms with Gasteiger partial charge in [-0.3, -0.25) is 4.79 Å². The largest absolute Gasteiger partial charge is 0.487 e. The molecule has 14 heteroatoms. The van der Waals surface area contributed by atoms with Crippen LogP contribution in [0.4, 0.5) is 8.78 Å². The van der Waals surface area contributed by atoms with Crippen LogP contribution in [0.2, 0.25) is 0 Å². The first kappa shape index (κ1) is 35.0. The van der Waals surface area contributed by atoms with E-state index in [-0.39, 0.29) is 35.7 Å². The quantitative estimate of drug-likeness (QED) is 0.236. The summed E-state index contributed by atoms with van der Waals surface area (Å²) in [5, 5.41) is 25.9. The van der Waals surface area contributed by atoms with Crippen molar-refractivity contribution in [2.45, 2.75) is 85.1 Å². The van der Waals surface area contributed by atoms with Gasteiger partial charge in [0.15, 0.2) is 30.1 Å². The summed E-state index contributed by atoms with van der Waals surface area (Å²) in [6.07, 6.45) is 1.96. The van der Waals surface area contributed by atoms with E-state index in [0.29, 0.717) is 23.6 Å². The predicted octanol–water partition coefficient (Wildman–Crippen LogP) is 3.14. The number of ether oxygens (including phenoxy) is 2. The highest BCUT2D eigenvalue weighted by atomic mass is 32.2. The van der Waals surface area contributed by atoms with Crippen LogP contribution in [-0.4, -0.2) is 79.1 Å². The molecule has 1 aromatic carbocycles. The number of nitrogens with zero attached hydrogens (tertiary/aromatic N) is 2. The maximum Gasteiger partial charge on any atom is 0.487 e. The molecule has 2 saturated carbocycles. The number of Topliss-reactive ketones (excluding diaryl/α,β-unsaturated/α-hetero) is 1. The van der Waals surface area contributed by atoms with Crippen molar-refractivity contribution in [3.8, 4) is 5.75 Å². The number of hydrazone groups is 1. The van der Waals surface area contributed by atoms with Crippen molar-refractivity contribution in [1.82, 2.24) is 4.33 Å². The van der Waals surface area contributed by atoms with Crippen LogP contribution in [-0.2, 0) is 24.3 Å². The lowest BCUT2D eigenvalue weighted by Gasteiger charge is -2.60. The van der Waals surface area contributed by atoms with Gasteiger partial charge in [0.25, 0.3) is 0 Å². The maximum atomic E-state index is 15.5. The summed E-state index contributed by atoms with van der Waals surface area (Å²) >= 11 is 0. The smallest absolute Gasteiger partial charge is 0.479 e. The summed E-state index contributed by atoms with van der Waals surface area (Å²) in [5.74, 6) is -3.19. The van der Waals surface area contributed by atoms with Gasteiger partial charge in [-0.1, -0.05) is 33.8 Å². The summed E-state index contributed by atoms with van der Waals surface area (Å²) in [6, 6.07) is 2.61. The van der Waals surface area contributed by atoms with Gasteiger partial charge in [0.1, 0.15) is 6.10 Å². The van der Waals surface area contributed by atoms with E-state index in [2.05, 4.69) is 11.7 Å². The third kappa shape index (κ3) is 6.42. The number of ketones is 1. The van der Waals surface area contributed by atoms with Crippen LogP contribution in [0.25, 0.3) is 0 Å². The van der Waals surface area contributed by atoms with Gasteiger partial charge in [-0.05, 0) is 74.0 Å². The molecule has 3 aliphatic rings. The number of hydrogen-bond acceptors (Lipinski definition) is 9. The number of rotatable bonds is 9. The summed E-state index contributed by atoms with van der Waals surface area (Å²) in [7, 11) is -5.94. The third-order valence-electron chi connectivity index (χ3n) is 10.8. The van der Waals surface area contributed by atoms with Crippen LogP contribution in [0.1, 0.15) is 72.3 Å². The minimum absolute atomic E-state index is 0.0373. The molecule has 248 valence electrons. The predicted molar refractivity (Wildman–Crippen MR) is 165 cm³/mol. The van der Waals surface area contributed by atoms with Crippen molar-refractivity contribution >= 4 is 40.5 Å². The average molecular weight is 653 g/mol. The molecule has 2 N–H and O–H groups in total. The molecule has 2 bridgehead atoms. The fraction of sp³-hybridized carbons (Fsp3) is 0.645. The Morgan fingerprint density at radius 1 is 1.31 bits per heavy atom. The first-order valence-electron chi connectivity index (χ1n) is 15.1. The number of carbonyl (C=O) groups is 2. The molecule has 2 fully saturated rings. The number of esters is 1. The van der Waals surface area contributed by atoms with Gasteiger partial charge in [0.2, 0.25) is 10.0 Å². The molecule has 45 heavy (non-hydrogen) atoms. The van der Waals surface area contributed by atoms with E-state index >= 15 is 8.78 Å². The lowest BCUT2D eigenvalue weighted by Crippen LogP contribution is -2.58. The highest BCUT2D eigenvalue weighted by Crippen LogP contribution is 2.62. The Bertz CT molecular complexity index is 1490. The van der Waals surface area contributed by atoms with E-state index in [9.17, 15) is 28.1 Å². The zero-order valence-electron chi connectivity index (χ0n) is 26.6. The number of alkyl halides is 1. The Hall–Kier alpha value is -2.84. The van der Waals surface area contributed by atoms with Crippen molar-refractivity contribution in [2.24, 2.45) is 33.2 Å². The molecular formula is C31H43BF2N2O8S. The van der Waals surface area contributed by atoms with Crippen LogP contribution in [0.15, 0.2) is 29.9 Å². The first-order chi connectivity index (χ1) is 20.8. The van der Waals surface area contributed by atoms with E-state index < -0.39 is 81.6 Å². The number of halogens is 2. The number of fused-ring (bicyclic) bond motifs is 3. The molecule has 0 radical (unpaired) electrons. The van der Waals surface area contributed by atoms with Crippen molar-refractivity contribution < 1.29 is 46.4 Å². The van der Waals surface area contributed by atoms with Crippen LogP contribution in [0.5, 0.6) is 5.75 Å². The van der Waals surface area contributed by atoms with Crippen LogP contribution in [0.3, 0.4) is 0 Å². The molecular weight excluding hydrogens is 609 g/mol. The number of carbonyl (C=O) groups excluding carboxylic acids is 2. The fourth-order valence-corrected chi connectivity index (χ4v) is 8.23. The summed E-state index contributed by atoms with van der Waals surface area (Å²) in [5.41, 5.74) is -2.57. The van der Waals surface area contributed by atoms with Crippen molar-refractivity contribution in [2.75, 3.05) is 12.9 Å². The zero-order chi connectivity index (χ0) is 33.7. The minimum Gasteiger partial charge on any atom is -0.479 e. The van der Waals surface area contributed by atoms with Crippen LogP contribution in [0, 0.1) is 33.9 Å². The first-order valence-corrected chi connectivity index (χ1v) is 17.0. The minimum atomic E-state index is -4.01. The maximum absolute atomic E-state index is 15.5. The third-order valence-corrected chi connectivity index (χ3v) is 11.8. The van der Waals surface area contributed by atoms with Gasteiger partial charge in [-0.2, -0.15) is 5.10 Å². The van der Waals surface area contributed by atoms with Gasteiger partial charge in [0, 0.05) is 16.3 Å². The molecule has 10 nitrogen and oxygen atoms in total. The van der Waals surface area contributed by atoms with E-state index in [1.54, 1.807) is 6.08 Å². The second kappa shape index (κ2) is 12.4. The van der Waals surface area contributed by atoms with Gasteiger partial charge >= 0.3 is 13.0 Å². The Morgan fingerprint density at radius 3 is 2.58 bits per heavy atom. The van der Waals surface area contributed by atoms with Crippen LogP contribution < -0.4 is 10.2 Å². The molecule has 0 spiro atoms. The summed E-state index contributed by atoms with van der Waals surface area (Å²) in [6.45, 7) is 12.2. The SMILES string of the molecule is C=C[C@]1(C)C[C@@H](OC(=O)COc2ccc3c(c2F)B(O)N(S(C)(=O)=O)N=C3)[C@@]2(C)C[C@](C[C@H](F)C(C)=O)(CC[C@H]2C)[C@@H](C)[C@@H]1O. The molecule has 1 aromatic rings. The second-order valence-corrected chi connectivity index (χ2v) is 15.6. The Balaban J connectivity index is 1.61. The molecule has 0 amide bonds. The fourth-order valence-electron chi connectivity index (χ4n) is 7.54. The normalized spacial score (nSPS) is 33.8. The van der Waals surface area contributed by atoms with E-state index in [1.807, 2.05) is 27.7 Å². The number of sulfonamides is 1. The molecule has 1 aliphatic heterocycles. The lowest BCUT2D eigenvalue weighted by atomic mass is 9.47. The molecule has 2 aliphatic carbocycles. The van der Waals surface area contributed by atoms with Gasteiger partial charge in [-0.25, -0.2) is 26.3 Å². The second-order valence-electron chi connectivity index (χ2n) is 13.7. The van der Waals surface area contributed by atoms with Gasteiger partial charge in [-0.15, -0.1) is 6.58 Å². The van der Waals surface area contributed by atoms with Crippen molar-refractivity contribution in [1.29, 1.82) is 0 Å². The van der Waals surface area contributed by atoms with E-state index in [0.717, 1.165) is 12.5 Å². The number of hydrogen-bond donors (Lipinski definition) is 2. The molecule has 0 saturated heterocycles. The van der Waals surface area contributed by atoms with E-state index in [1.165, 1.54) is 19.1 Å². The van der Waals surface area contributed by atoms with Gasteiger partial charge in [0.05, 0.1) is 18.6 Å². The zero-order valence-corrected chi connectivity index (χ0v) is 27.4. The number of benzene rings is 1. The topological polar surface area (TPSA) is 143 Å².